The number of nitrogens with one attached hydrogen (secondary N) is 2. The molecule has 0 fully saturated rings. The Labute approximate surface area is 150 Å². The van der Waals surface area contributed by atoms with E-state index in [-0.39, 0.29) is 5.91 Å². The summed E-state index contributed by atoms with van der Waals surface area (Å²) in [5.41, 5.74) is 1.57. The Hall–Kier alpha value is -2.67. The van der Waals surface area contributed by atoms with E-state index in [1.165, 1.54) is 25.2 Å². The largest absolute Gasteiger partial charge is 0.451 e. The number of esters is 1. The van der Waals surface area contributed by atoms with Gasteiger partial charge in [-0.1, -0.05) is 24.3 Å². The molecule has 0 aliphatic heterocycles. The number of thiophene rings is 1. The average molecular weight is 360 g/mol. The van der Waals surface area contributed by atoms with Crippen LogP contribution in [-0.4, -0.2) is 29.9 Å². The Bertz CT molecular complexity index is 758. The maximum atomic E-state index is 12.2. The molecule has 2 unspecified atom stereocenters. The number of para-hydroxylation sites is 1. The topological polar surface area (TPSA) is 84.5 Å². The van der Waals surface area contributed by atoms with Crippen molar-refractivity contribution in [3.8, 4) is 0 Å². The third-order valence-electron chi connectivity index (χ3n) is 3.51. The number of carbonyl (C=O) groups excluding carboxylic acids is 3. The number of aryl methyl sites for hydroxylation is 1. The van der Waals surface area contributed by atoms with Gasteiger partial charge in [0.2, 0.25) is 0 Å². The van der Waals surface area contributed by atoms with Crippen LogP contribution in [0.3, 0.4) is 0 Å². The molecule has 0 saturated heterocycles. The number of hydrogen-bond donors (Lipinski definition) is 2. The number of ether oxygens (including phenoxy) is 1. The number of rotatable bonds is 6. The Morgan fingerprint density at radius 3 is 2.44 bits per heavy atom. The Balaban J connectivity index is 1.87. The molecule has 0 spiro atoms. The Morgan fingerprint density at radius 2 is 1.80 bits per heavy atom. The number of amides is 2. The molecule has 25 heavy (non-hydrogen) atoms. The van der Waals surface area contributed by atoms with Gasteiger partial charge in [-0.2, -0.15) is 0 Å². The predicted molar refractivity (Wildman–Crippen MR) is 96.6 cm³/mol. The van der Waals surface area contributed by atoms with E-state index in [0.717, 1.165) is 5.56 Å². The van der Waals surface area contributed by atoms with E-state index in [2.05, 4.69) is 10.6 Å². The van der Waals surface area contributed by atoms with Crippen LogP contribution in [0.15, 0.2) is 41.8 Å². The van der Waals surface area contributed by atoms with Crippen LogP contribution in [0.5, 0.6) is 0 Å². The molecule has 2 aromatic rings. The van der Waals surface area contributed by atoms with Crippen LogP contribution in [0.25, 0.3) is 0 Å². The van der Waals surface area contributed by atoms with Gasteiger partial charge in [0.05, 0.1) is 4.88 Å². The van der Waals surface area contributed by atoms with Crippen molar-refractivity contribution in [3.05, 3.63) is 52.2 Å². The second-order valence-electron chi connectivity index (χ2n) is 5.56. The Morgan fingerprint density at radius 1 is 1.08 bits per heavy atom. The maximum absolute atomic E-state index is 12.2. The highest BCUT2D eigenvalue weighted by atomic mass is 32.1. The minimum atomic E-state index is -0.979. The minimum Gasteiger partial charge on any atom is -0.451 e. The molecule has 2 rings (SSSR count). The van der Waals surface area contributed by atoms with Crippen molar-refractivity contribution in [2.24, 2.45) is 0 Å². The van der Waals surface area contributed by atoms with Crippen LogP contribution in [-0.2, 0) is 14.3 Å². The molecule has 2 atom stereocenters. The van der Waals surface area contributed by atoms with Crippen molar-refractivity contribution in [1.82, 2.24) is 5.32 Å². The fourth-order valence-electron chi connectivity index (χ4n) is 2.01. The standard InChI is InChI=1S/C18H20N2O4S/c1-11-7-4-5-8-14(11)20-16(21)13(3)24-18(23)12(2)19-17(22)15-9-6-10-25-15/h4-10,12-13H,1-3H3,(H,19,22)(H,20,21). The highest BCUT2D eigenvalue weighted by Gasteiger charge is 2.24. The van der Waals surface area contributed by atoms with Gasteiger partial charge < -0.3 is 15.4 Å². The van der Waals surface area contributed by atoms with Crippen LogP contribution in [0.1, 0.15) is 29.1 Å². The second-order valence-corrected chi connectivity index (χ2v) is 6.50. The van der Waals surface area contributed by atoms with Gasteiger partial charge in [0, 0.05) is 5.69 Å². The van der Waals surface area contributed by atoms with E-state index in [1.54, 1.807) is 23.6 Å². The smallest absolute Gasteiger partial charge is 0.329 e. The highest BCUT2D eigenvalue weighted by Crippen LogP contribution is 2.14. The van der Waals surface area contributed by atoms with Crippen LogP contribution in [0, 0.1) is 6.92 Å². The number of anilines is 1. The molecule has 7 heteroatoms. The van der Waals surface area contributed by atoms with Crippen LogP contribution < -0.4 is 10.6 Å². The van der Waals surface area contributed by atoms with Gasteiger partial charge in [0.15, 0.2) is 6.10 Å². The molecule has 132 valence electrons. The van der Waals surface area contributed by atoms with E-state index in [4.69, 9.17) is 4.74 Å². The minimum absolute atomic E-state index is 0.350. The van der Waals surface area contributed by atoms with Gasteiger partial charge in [-0.25, -0.2) is 4.79 Å². The number of carbonyl (C=O) groups is 3. The van der Waals surface area contributed by atoms with Gasteiger partial charge in [-0.15, -0.1) is 11.3 Å². The lowest BCUT2D eigenvalue weighted by molar-refractivity contribution is -0.154. The first-order chi connectivity index (χ1) is 11.9. The van der Waals surface area contributed by atoms with E-state index < -0.39 is 24.0 Å². The van der Waals surface area contributed by atoms with E-state index in [0.29, 0.717) is 10.6 Å². The third kappa shape index (κ3) is 5.15. The summed E-state index contributed by atoms with van der Waals surface area (Å²) in [6.45, 7) is 4.87. The first kappa shape index (κ1) is 18.7. The van der Waals surface area contributed by atoms with Crippen molar-refractivity contribution in [2.75, 3.05) is 5.32 Å². The normalized spacial score (nSPS) is 12.8. The van der Waals surface area contributed by atoms with Crippen LogP contribution >= 0.6 is 11.3 Å². The number of benzene rings is 1. The van der Waals surface area contributed by atoms with E-state index in [1.807, 2.05) is 25.1 Å². The lowest BCUT2D eigenvalue weighted by atomic mass is 10.2. The summed E-state index contributed by atoms with van der Waals surface area (Å²) in [6, 6.07) is 9.87. The molecule has 1 aromatic carbocycles. The zero-order valence-corrected chi connectivity index (χ0v) is 15.1. The quantitative estimate of drug-likeness (QED) is 0.776. The van der Waals surface area contributed by atoms with Gasteiger partial charge in [0.25, 0.3) is 11.8 Å². The molecule has 0 radical (unpaired) electrons. The van der Waals surface area contributed by atoms with Gasteiger partial charge in [-0.3, -0.25) is 9.59 Å². The van der Waals surface area contributed by atoms with Crippen molar-refractivity contribution < 1.29 is 19.1 Å². The molecule has 2 N–H and O–H groups in total. The molecule has 6 nitrogen and oxygen atoms in total. The third-order valence-corrected chi connectivity index (χ3v) is 4.38. The summed E-state index contributed by atoms with van der Waals surface area (Å²) in [4.78, 5) is 36.7. The van der Waals surface area contributed by atoms with Gasteiger partial charge >= 0.3 is 5.97 Å². The fourth-order valence-corrected chi connectivity index (χ4v) is 2.64. The fraction of sp³-hybridized carbons (Fsp3) is 0.278. The summed E-state index contributed by atoms with van der Waals surface area (Å²) >= 11 is 1.28. The second kappa shape index (κ2) is 8.43. The summed E-state index contributed by atoms with van der Waals surface area (Å²) in [7, 11) is 0. The molecule has 0 aliphatic rings. The highest BCUT2D eigenvalue weighted by molar-refractivity contribution is 7.12. The first-order valence-corrected chi connectivity index (χ1v) is 8.68. The van der Waals surface area contributed by atoms with Gasteiger partial charge in [-0.05, 0) is 43.8 Å². The van der Waals surface area contributed by atoms with E-state index >= 15 is 0 Å². The Kier molecular flexibility index (Phi) is 6.30. The van der Waals surface area contributed by atoms with Crippen molar-refractivity contribution in [3.63, 3.8) is 0 Å². The summed E-state index contributed by atoms with van der Waals surface area (Å²) in [5, 5.41) is 7.04. The SMILES string of the molecule is Cc1ccccc1NC(=O)C(C)OC(=O)C(C)NC(=O)c1cccs1. The molecule has 0 saturated carbocycles. The summed E-state index contributed by atoms with van der Waals surface area (Å²) in [6.07, 6.45) is -0.979. The number of hydrogen-bond acceptors (Lipinski definition) is 5. The molecular weight excluding hydrogens is 340 g/mol. The molecule has 1 heterocycles. The zero-order valence-electron chi connectivity index (χ0n) is 14.2. The van der Waals surface area contributed by atoms with Crippen LogP contribution in [0.2, 0.25) is 0 Å². The molecule has 0 bridgehead atoms. The maximum Gasteiger partial charge on any atom is 0.329 e. The van der Waals surface area contributed by atoms with E-state index in [9.17, 15) is 14.4 Å². The van der Waals surface area contributed by atoms with Crippen molar-refractivity contribution in [1.29, 1.82) is 0 Å². The lowest BCUT2D eigenvalue weighted by Gasteiger charge is -2.18. The monoisotopic (exact) mass is 360 g/mol. The molecule has 0 aliphatic carbocycles. The predicted octanol–water partition coefficient (Wildman–Crippen LogP) is 2.75. The lowest BCUT2D eigenvalue weighted by Crippen LogP contribution is -2.42. The summed E-state index contributed by atoms with van der Waals surface area (Å²) < 4.78 is 5.14. The molecular formula is C18H20N2O4S. The first-order valence-electron chi connectivity index (χ1n) is 7.80. The van der Waals surface area contributed by atoms with Crippen molar-refractivity contribution in [2.45, 2.75) is 32.9 Å². The summed E-state index contributed by atoms with van der Waals surface area (Å²) in [5.74, 6) is -1.45. The van der Waals surface area contributed by atoms with Gasteiger partial charge in [0.1, 0.15) is 6.04 Å². The zero-order chi connectivity index (χ0) is 18.4. The average Bonchev–Trinajstić information content (AvgIpc) is 3.11. The van der Waals surface area contributed by atoms with Crippen molar-refractivity contribution >= 4 is 34.8 Å². The van der Waals surface area contributed by atoms with Crippen LogP contribution in [0.4, 0.5) is 5.69 Å². The molecule has 1 aromatic heterocycles. The molecule has 2 amide bonds.